The quantitative estimate of drug-likeness (QED) is 0.586. The Bertz CT molecular complexity index is 418. The van der Waals surface area contributed by atoms with E-state index in [9.17, 15) is 4.39 Å². The highest BCUT2D eigenvalue weighted by molar-refractivity contribution is 6.19. The van der Waals surface area contributed by atoms with Crippen molar-refractivity contribution >= 4 is 11.6 Å². The van der Waals surface area contributed by atoms with Gasteiger partial charge in [-0.15, -0.1) is 11.6 Å². The molecule has 0 saturated heterocycles. The molecule has 0 aliphatic carbocycles. The van der Waals surface area contributed by atoms with Gasteiger partial charge in [0.2, 0.25) is 0 Å². The van der Waals surface area contributed by atoms with Crippen molar-refractivity contribution in [3.8, 4) is 17.6 Å². The molecule has 0 aromatic heterocycles. The highest BCUT2D eigenvalue weighted by atomic mass is 35.5. The van der Waals surface area contributed by atoms with Crippen LogP contribution in [0.25, 0.3) is 0 Å². The molecule has 0 aliphatic heterocycles. The highest BCUT2D eigenvalue weighted by Gasteiger charge is 2.04. The van der Waals surface area contributed by atoms with Crippen LogP contribution in [0, 0.1) is 23.6 Å². The van der Waals surface area contributed by atoms with Crippen LogP contribution < -0.4 is 4.74 Å². The first-order valence-electron chi connectivity index (χ1n) is 5.60. The van der Waals surface area contributed by atoms with Crippen LogP contribution in [0.5, 0.6) is 5.75 Å². The Morgan fingerprint density at radius 1 is 1.41 bits per heavy atom. The van der Waals surface area contributed by atoms with Gasteiger partial charge in [0.15, 0.2) is 0 Å². The van der Waals surface area contributed by atoms with Gasteiger partial charge in [-0.1, -0.05) is 25.7 Å². The van der Waals surface area contributed by atoms with Crippen molar-refractivity contribution < 1.29 is 9.13 Å². The predicted molar refractivity (Wildman–Crippen MR) is 68.9 cm³/mol. The van der Waals surface area contributed by atoms with Gasteiger partial charge in [0.25, 0.3) is 0 Å². The van der Waals surface area contributed by atoms with Crippen molar-refractivity contribution in [3.63, 3.8) is 0 Å². The van der Waals surface area contributed by atoms with Crippen molar-refractivity contribution in [2.75, 3.05) is 12.5 Å². The van der Waals surface area contributed by atoms with E-state index >= 15 is 0 Å². The number of hydrogen-bond donors (Lipinski definition) is 0. The molecule has 0 N–H and O–H groups in total. The molecular formula is C14H16ClFO. The summed E-state index contributed by atoms with van der Waals surface area (Å²) in [6, 6.07) is 4.34. The summed E-state index contributed by atoms with van der Waals surface area (Å²) in [5, 5.41) is 0. The van der Waals surface area contributed by atoms with Gasteiger partial charge in [-0.3, -0.25) is 0 Å². The smallest absolute Gasteiger partial charge is 0.137 e. The summed E-state index contributed by atoms with van der Waals surface area (Å²) in [6.45, 7) is 4.79. The van der Waals surface area contributed by atoms with Gasteiger partial charge in [0.1, 0.15) is 11.6 Å². The molecule has 0 fully saturated rings. The molecule has 0 radical (unpaired) electrons. The third-order valence-corrected chi connectivity index (χ3v) is 2.32. The molecule has 0 amide bonds. The molecule has 0 aliphatic rings. The molecule has 17 heavy (non-hydrogen) atoms. The molecule has 92 valence electrons. The normalized spacial score (nSPS) is 9.94. The predicted octanol–water partition coefficient (Wildman–Crippen LogP) is 3.84. The Morgan fingerprint density at radius 2 is 2.18 bits per heavy atom. The fourth-order valence-corrected chi connectivity index (χ4v) is 1.32. The minimum Gasteiger partial charge on any atom is -0.492 e. The first-order chi connectivity index (χ1) is 8.13. The standard InChI is InChI=1S/C14H16ClFO/c1-11(2)7-9-17-14-10-13(16)6-5-12(14)4-3-8-15/h5-6,10-11H,7-9H2,1-2H3. The lowest BCUT2D eigenvalue weighted by Crippen LogP contribution is -2.03. The van der Waals surface area contributed by atoms with Crippen LogP contribution in [0.2, 0.25) is 0 Å². The van der Waals surface area contributed by atoms with Crippen LogP contribution in [-0.2, 0) is 0 Å². The van der Waals surface area contributed by atoms with E-state index in [1.165, 1.54) is 12.1 Å². The minimum atomic E-state index is -0.319. The molecule has 0 saturated carbocycles. The Hall–Kier alpha value is -1.20. The van der Waals surface area contributed by atoms with Crippen molar-refractivity contribution in [2.24, 2.45) is 5.92 Å². The molecule has 1 nitrogen and oxygen atoms in total. The van der Waals surface area contributed by atoms with Crippen LogP contribution in [0.15, 0.2) is 18.2 Å². The monoisotopic (exact) mass is 254 g/mol. The number of ether oxygens (including phenoxy) is 1. The third kappa shape index (κ3) is 5.10. The van der Waals surface area contributed by atoms with Gasteiger partial charge in [0, 0.05) is 6.07 Å². The summed E-state index contributed by atoms with van der Waals surface area (Å²) in [5.41, 5.74) is 0.677. The first-order valence-corrected chi connectivity index (χ1v) is 6.14. The SMILES string of the molecule is CC(C)CCOc1cc(F)ccc1C#CCCl. The van der Waals surface area contributed by atoms with E-state index in [0.29, 0.717) is 23.8 Å². The van der Waals surface area contributed by atoms with Crippen LogP contribution in [-0.4, -0.2) is 12.5 Å². The summed E-state index contributed by atoms with van der Waals surface area (Å²) in [6.07, 6.45) is 0.929. The lowest BCUT2D eigenvalue weighted by Gasteiger charge is -2.09. The van der Waals surface area contributed by atoms with Crippen molar-refractivity contribution in [1.82, 2.24) is 0 Å². The third-order valence-electron chi connectivity index (χ3n) is 2.19. The summed E-state index contributed by atoms with van der Waals surface area (Å²) in [4.78, 5) is 0. The largest absolute Gasteiger partial charge is 0.492 e. The zero-order valence-electron chi connectivity index (χ0n) is 10.1. The van der Waals surface area contributed by atoms with Crippen molar-refractivity contribution in [3.05, 3.63) is 29.6 Å². The lowest BCUT2D eigenvalue weighted by molar-refractivity contribution is 0.287. The maximum Gasteiger partial charge on any atom is 0.137 e. The van der Waals surface area contributed by atoms with E-state index in [2.05, 4.69) is 25.7 Å². The van der Waals surface area contributed by atoms with Crippen molar-refractivity contribution in [2.45, 2.75) is 20.3 Å². The molecule has 0 unspecified atom stereocenters. The number of halogens is 2. The van der Waals surface area contributed by atoms with E-state index < -0.39 is 0 Å². The fraction of sp³-hybridized carbons (Fsp3) is 0.429. The van der Waals surface area contributed by atoms with E-state index in [-0.39, 0.29) is 11.7 Å². The van der Waals surface area contributed by atoms with E-state index in [0.717, 1.165) is 6.42 Å². The molecule has 1 rings (SSSR count). The topological polar surface area (TPSA) is 9.23 Å². The second-order valence-electron chi connectivity index (χ2n) is 4.11. The van der Waals surface area contributed by atoms with Crippen LogP contribution in [0.3, 0.4) is 0 Å². The van der Waals surface area contributed by atoms with E-state index in [1.807, 2.05) is 0 Å². The van der Waals surface area contributed by atoms with Crippen molar-refractivity contribution in [1.29, 1.82) is 0 Å². The highest BCUT2D eigenvalue weighted by Crippen LogP contribution is 2.19. The maximum absolute atomic E-state index is 13.1. The van der Waals surface area contributed by atoms with E-state index in [1.54, 1.807) is 6.07 Å². The van der Waals surface area contributed by atoms with Gasteiger partial charge < -0.3 is 4.74 Å². The molecule has 1 aromatic rings. The number of benzene rings is 1. The number of rotatable bonds is 4. The van der Waals surface area contributed by atoms with E-state index in [4.69, 9.17) is 16.3 Å². The van der Waals surface area contributed by atoms with Crippen LogP contribution in [0.1, 0.15) is 25.8 Å². The Labute approximate surface area is 107 Å². The summed E-state index contributed by atoms with van der Waals surface area (Å²) < 4.78 is 18.6. The molecular weight excluding hydrogens is 239 g/mol. The van der Waals surface area contributed by atoms with Crippen LogP contribution >= 0.6 is 11.6 Å². The molecule has 1 aromatic carbocycles. The second-order valence-corrected chi connectivity index (χ2v) is 4.37. The zero-order chi connectivity index (χ0) is 12.7. The fourth-order valence-electron chi connectivity index (χ4n) is 1.25. The summed E-state index contributed by atoms with van der Waals surface area (Å²) >= 11 is 5.49. The summed E-state index contributed by atoms with van der Waals surface area (Å²) in [7, 11) is 0. The van der Waals surface area contributed by atoms with Gasteiger partial charge >= 0.3 is 0 Å². The van der Waals surface area contributed by atoms with Crippen LogP contribution in [0.4, 0.5) is 4.39 Å². The average molecular weight is 255 g/mol. The Kier molecular flexibility index (Phi) is 5.86. The molecule has 0 heterocycles. The number of hydrogen-bond acceptors (Lipinski definition) is 1. The second kappa shape index (κ2) is 7.19. The molecule has 3 heteroatoms. The molecule has 0 spiro atoms. The average Bonchev–Trinajstić information content (AvgIpc) is 2.27. The maximum atomic E-state index is 13.1. The van der Waals surface area contributed by atoms with Gasteiger partial charge in [-0.25, -0.2) is 4.39 Å². The van der Waals surface area contributed by atoms with Gasteiger partial charge in [0.05, 0.1) is 18.1 Å². The Balaban J connectivity index is 2.76. The number of alkyl halides is 1. The zero-order valence-corrected chi connectivity index (χ0v) is 10.9. The van der Waals surface area contributed by atoms with Gasteiger partial charge in [-0.05, 0) is 24.5 Å². The molecule has 0 bridgehead atoms. The Morgan fingerprint density at radius 3 is 2.82 bits per heavy atom. The summed E-state index contributed by atoms with van der Waals surface area (Å²) in [5.74, 6) is 6.57. The molecule has 0 atom stereocenters. The lowest BCUT2D eigenvalue weighted by atomic mass is 10.1. The van der Waals surface area contributed by atoms with Gasteiger partial charge in [-0.2, -0.15) is 0 Å². The minimum absolute atomic E-state index is 0.253. The first kappa shape index (κ1) is 13.9.